The molecule has 0 unspecified atom stereocenters. The summed E-state index contributed by atoms with van der Waals surface area (Å²) in [6.07, 6.45) is 1.90. The van der Waals surface area contributed by atoms with Crippen LogP contribution in [0.1, 0.15) is 26.7 Å². The van der Waals surface area contributed by atoms with E-state index in [0.717, 1.165) is 28.6 Å². The van der Waals surface area contributed by atoms with Gasteiger partial charge in [-0.05, 0) is 25.5 Å². The van der Waals surface area contributed by atoms with Crippen molar-refractivity contribution in [3.8, 4) is 5.75 Å². The van der Waals surface area contributed by atoms with E-state index in [1.165, 1.54) is 23.1 Å². The molecule has 8 heteroatoms. The van der Waals surface area contributed by atoms with Crippen LogP contribution in [-0.4, -0.2) is 35.1 Å². The summed E-state index contributed by atoms with van der Waals surface area (Å²) in [5.74, 6) is 0.789. The van der Waals surface area contributed by atoms with Gasteiger partial charge in [0.15, 0.2) is 4.34 Å². The van der Waals surface area contributed by atoms with Crippen LogP contribution in [0.2, 0.25) is 0 Å². The third-order valence-electron chi connectivity index (χ3n) is 2.91. The molecule has 0 bridgehead atoms. The van der Waals surface area contributed by atoms with E-state index < -0.39 is 0 Å². The summed E-state index contributed by atoms with van der Waals surface area (Å²) in [5, 5.41) is 12.0. The number of unbranched alkanes of at least 4 members (excludes halogenated alkanes) is 1. The summed E-state index contributed by atoms with van der Waals surface area (Å²) in [7, 11) is 0. The molecule has 2 rings (SSSR count). The molecule has 0 radical (unpaired) electrons. The molecule has 0 aliphatic carbocycles. The van der Waals surface area contributed by atoms with E-state index in [2.05, 4.69) is 22.4 Å². The fourth-order valence-electron chi connectivity index (χ4n) is 1.78. The molecule has 0 aliphatic rings. The van der Waals surface area contributed by atoms with Gasteiger partial charge >= 0.3 is 5.97 Å². The van der Waals surface area contributed by atoms with Gasteiger partial charge in [-0.15, -0.1) is 10.2 Å². The highest BCUT2D eigenvalue weighted by Gasteiger charge is 2.10. The van der Waals surface area contributed by atoms with Gasteiger partial charge in [-0.1, -0.05) is 48.6 Å². The van der Waals surface area contributed by atoms with Crippen molar-refractivity contribution in [1.82, 2.24) is 10.2 Å². The Hall–Kier alpha value is -1.80. The van der Waals surface area contributed by atoms with E-state index >= 15 is 0 Å². The highest BCUT2D eigenvalue weighted by Crippen LogP contribution is 2.31. The molecule has 0 spiro atoms. The van der Waals surface area contributed by atoms with Gasteiger partial charge < -0.3 is 14.8 Å². The zero-order valence-electron chi connectivity index (χ0n) is 13.8. The normalized spacial score (nSPS) is 10.4. The smallest absolute Gasteiger partial charge is 0.316 e. The zero-order valence-corrected chi connectivity index (χ0v) is 15.4. The van der Waals surface area contributed by atoms with Crippen molar-refractivity contribution >= 4 is 39.9 Å². The van der Waals surface area contributed by atoms with Gasteiger partial charge in [0, 0.05) is 0 Å². The van der Waals surface area contributed by atoms with Crippen LogP contribution in [0.25, 0.3) is 0 Å². The standard InChI is InChI=1S/C16H21N3O3S2/c1-3-5-10-22-14(20)11-23-16-19-18-15(24-16)17-12-8-6-7-9-13(12)21-4-2/h6-9H,3-5,10-11H2,1-2H3,(H,17,18). The summed E-state index contributed by atoms with van der Waals surface area (Å²) in [5.41, 5.74) is 0.839. The van der Waals surface area contributed by atoms with Crippen LogP contribution in [0.5, 0.6) is 5.75 Å². The number of anilines is 2. The summed E-state index contributed by atoms with van der Waals surface area (Å²) < 4.78 is 11.4. The van der Waals surface area contributed by atoms with Crippen LogP contribution < -0.4 is 10.1 Å². The lowest BCUT2D eigenvalue weighted by atomic mass is 10.3. The third kappa shape index (κ3) is 6.01. The second-order valence-corrected chi connectivity index (χ2v) is 6.99. The van der Waals surface area contributed by atoms with Crippen LogP contribution in [-0.2, 0) is 9.53 Å². The van der Waals surface area contributed by atoms with Crippen molar-refractivity contribution in [1.29, 1.82) is 0 Å². The van der Waals surface area contributed by atoms with Crippen LogP contribution in [0.3, 0.4) is 0 Å². The molecule has 24 heavy (non-hydrogen) atoms. The first-order valence-electron chi connectivity index (χ1n) is 7.83. The number of thioether (sulfide) groups is 1. The van der Waals surface area contributed by atoms with Crippen LogP contribution in [0, 0.1) is 0 Å². The molecule has 0 saturated carbocycles. The first-order chi connectivity index (χ1) is 11.7. The Balaban J connectivity index is 1.86. The second-order valence-electron chi connectivity index (χ2n) is 4.79. The Labute approximate surface area is 150 Å². The minimum absolute atomic E-state index is 0.222. The predicted molar refractivity (Wildman–Crippen MR) is 97.4 cm³/mol. The minimum atomic E-state index is -0.222. The third-order valence-corrected chi connectivity index (χ3v) is 4.85. The lowest BCUT2D eigenvalue weighted by Gasteiger charge is -2.09. The van der Waals surface area contributed by atoms with Crippen LogP contribution in [0.15, 0.2) is 28.6 Å². The maximum absolute atomic E-state index is 11.6. The number of hydrogen-bond acceptors (Lipinski definition) is 8. The van der Waals surface area contributed by atoms with E-state index in [4.69, 9.17) is 9.47 Å². The Morgan fingerprint density at radius 1 is 1.29 bits per heavy atom. The molecule has 6 nitrogen and oxygen atoms in total. The summed E-state index contributed by atoms with van der Waals surface area (Å²) >= 11 is 2.72. The molecule has 0 amide bonds. The SMILES string of the molecule is CCCCOC(=O)CSc1nnc(Nc2ccccc2OCC)s1. The van der Waals surface area contributed by atoms with E-state index in [-0.39, 0.29) is 11.7 Å². The molecule has 1 heterocycles. The molecule has 0 aliphatic heterocycles. The number of ether oxygens (including phenoxy) is 2. The highest BCUT2D eigenvalue weighted by molar-refractivity contribution is 8.01. The van der Waals surface area contributed by atoms with Crippen molar-refractivity contribution in [2.45, 2.75) is 31.0 Å². The Bertz CT molecular complexity index is 649. The van der Waals surface area contributed by atoms with Crippen molar-refractivity contribution in [2.75, 3.05) is 24.3 Å². The van der Waals surface area contributed by atoms with E-state index in [1.807, 2.05) is 31.2 Å². The maximum Gasteiger partial charge on any atom is 0.316 e. The number of aromatic nitrogens is 2. The molecule has 1 aromatic carbocycles. The number of para-hydroxylation sites is 2. The molecular formula is C16H21N3O3S2. The number of nitrogens with zero attached hydrogens (tertiary/aromatic N) is 2. The highest BCUT2D eigenvalue weighted by atomic mass is 32.2. The Kier molecular flexibility index (Phi) is 7.84. The quantitative estimate of drug-likeness (QED) is 0.385. The second kappa shape index (κ2) is 10.1. The fourth-order valence-corrected chi connectivity index (χ4v) is 3.34. The Morgan fingerprint density at radius 3 is 2.92 bits per heavy atom. The molecule has 0 saturated heterocycles. The predicted octanol–water partition coefficient (Wildman–Crippen LogP) is 4.12. The number of carbonyl (C=O) groups excluding carboxylic acids is 1. The lowest BCUT2D eigenvalue weighted by molar-refractivity contribution is -0.140. The first-order valence-corrected chi connectivity index (χ1v) is 9.64. The molecule has 2 aromatic rings. The summed E-state index contributed by atoms with van der Waals surface area (Å²) in [6, 6.07) is 7.66. The van der Waals surface area contributed by atoms with Gasteiger partial charge in [-0.2, -0.15) is 0 Å². The molecule has 0 fully saturated rings. The average Bonchev–Trinajstić information content (AvgIpc) is 3.03. The monoisotopic (exact) mass is 367 g/mol. The van der Waals surface area contributed by atoms with Crippen molar-refractivity contribution < 1.29 is 14.3 Å². The number of benzene rings is 1. The number of nitrogens with one attached hydrogen (secondary N) is 1. The maximum atomic E-state index is 11.6. The molecule has 130 valence electrons. The summed E-state index contributed by atoms with van der Waals surface area (Å²) in [4.78, 5) is 11.6. The molecule has 1 N–H and O–H groups in total. The number of hydrogen-bond donors (Lipinski definition) is 1. The van der Waals surface area contributed by atoms with Gasteiger partial charge in [0.25, 0.3) is 0 Å². The number of carbonyl (C=O) groups is 1. The molecular weight excluding hydrogens is 346 g/mol. The van der Waals surface area contributed by atoms with Gasteiger partial charge in [0.05, 0.1) is 24.7 Å². The van der Waals surface area contributed by atoms with Gasteiger partial charge in [0.2, 0.25) is 5.13 Å². The van der Waals surface area contributed by atoms with E-state index in [9.17, 15) is 4.79 Å². The van der Waals surface area contributed by atoms with E-state index in [1.54, 1.807) is 0 Å². The van der Waals surface area contributed by atoms with Crippen LogP contribution >= 0.6 is 23.1 Å². The zero-order chi connectivity index (χ0) is 17.2. The molecule has 0 atom stereocenters. The van der Waals surface area contributed by atoms with Gasteiger partial charge in [0.1, 0.15) is 5.75 Å². The lowest BCUT2D eigenvalue weighted by Crippen LogP contribution is -2.08. The fraction of sp³-hybridized carbons (Fsp3) is 0.438. The van der Waals surface area contributed by atoms with Gasteiger partial charge in [-0.25, -0.2) is 0 Å². The van der Waals surface area contributed by atoms with Crippen molar-refractivity contribution in [2.24, 2.45) is 0 Å². The minimum Gasteiger partial charge on any atom is -0.492 e. The topological polar surface area (TPSA) is 73.3 Å². The van der Waals surface area contributed by atoms with Gasteiger partial charge in [-0.3, -0.25) is 4.79 Å². The van der Waals surface area contributed by atoms with E-state index in [0.29, 0.717) is 18.3 Å². The van der Waals surface area contributed by atoms with Crippen molar-refractivity contribution in [3.05, 3.63) is 24.3 Å². The average molecular weight is 367 g/mol. The first kappa shape index (κ1) is 18.5. The number of rotatable bonds is 10. The number of esters is 1. The summed E-state index contributed by atoms with van der Waals surface area (Å²) in [6.45, 7) is 5.07. The molecule has 1 aromatic heterocycles. The van der Waals surface area contributed by atoms with Crippen LogP contribution in [0.4, 0.5) is 10.8 Å². The largest absolute Gasteiger partial charge is 0.492 e. The van der Waals surface area contributed by atoms with Crippen molar-refractivity contribution in [3.63, 3.8) is 0 Å². The Morgan fingerprint density at radius 2 is 2.12 bits per heavy atom.